The van der Waals surface area contributed by atoms with E-state index in [-0.39, 0.29) is 10.8 Å². The smallest absolute Gasteiger partial charge is 0.250 e. The highest BCUT2D eigenvalue weighted by atomic mass is 32.2. The molecule has 0 aliphatic heterocycles. The average molecular weight is 259 g/mol. The van der Waals surface area contributed by atoms with Crippen molar-refractivity contribution in [3.63, 3.8) is 0 Å². The first kappa shape index (κ1) is 13.1. The topological polar surface area (TPSA) is 96.0 Å². The number of rotatable bonds is 4. The van der Waals surface area contributed by atoms with Gasteiger partial charge in [-0.05, 0) is 26.0 Å². The number of nitrogens with zero attached hydrogens (tertiary/aromatic N) is 1. The molecule has 5 nitrogen and oxygen atoms in total. The molecule has 1 rings (SSSR count). The Morgan fingerprint density at radius 2 is 2.19 bits per heavy atom. The minimum atomic E-state index is -3.55. The molecule has 0 spiro atoms. The molecule has 88 valence electrons. The van der Waals surface area contributed by atoms with E-state index in [2.05, 4.69) is 4.72 Å². The van der Waals surface area contributed by atoms with Crippen LogP contribution in [0.3, 0.4) is 0 Å². The van der Waals surface area contributed by atoms with Gasteiger partial charge in [0.25, 0.3) is 0 Å². The van der Waals surface area contributed by atoms with Gasteiger partial charge in [-0.1, -0.05) is 0 Å². The van der Waals surface area contributed by atoms with Crippen molar-refractivity contribution in [2.24, 2.45) is 5.73 Å². The summed E-state index contributed by atoms with van der Waals surface area (Å²) in [7, 11) is -3.55. The van der Waals surface area contributed by atoms with Gasteiger partial charge >= 0.3 is 0 Å². The number of nitrogens with one attached hydrogen (secondary N) is 1. The molecule has 0 saturated carbocycles. The van der Waals surface area contributed by atoms with E-state index in [1.807, 2.05) is 6.07 Å². The second-order valence-corrected chi connectivity index (χ2v) is 7.12. The molecule has 16 heavy (non-hydrogen) atoms. The van der Waals surface area contributed by atoms with Gasteiger partial charge in [0, 0.05) is 12.1 Å². The molecule has 1 aromatic rings. The monoisotopic (exact) mass is 259 g/mol. The van der Waals surface area contributed by atoms with E-state index in [9.17, 15) is 8.42 Å². The Balaban J connectivity index is 2.83. The molecule has 0 bridgehead atoms. The predicted molar refractivity (Wildman–Crippen MR) is 62.5 cm³/mol. The number of thiophene rings is 1. The lowest BCUT2D eigenvalue weighted by atomic mass is 10.1. The molecule has 0 aliphatic carbocycles. The number of nitriles is 1. The van der Waals surface area contributed by atoms with Crippen molar-refractivity contribution in [2.45, 2.75) is 23.6 Å². The largest absolute Gasteiger partial charge is 0.324 e. The van der Waals surface area contributed by atoms with Crippen LogP contribution in [0.1, 0.15) is 18.7 Å². The van der Waals surface area contributed by atoms with Crippen LogP contribution in [-0.4, -0.2) is 20.5 Å². The summed E-state index contributed by atoms with van der Waals surface area (Å²) >= 11 is 0.938. The average Bonchev–Trinajstić information content (AvgIpc) is 2.62. The van der Waals surface area contributed by atoms with Crippen molar-refractivity contribution in [1.29, 1.82) is 5.26 Å². The van der Waals surface area contributed by atoms with E-state index in [0.717, 1.165) is 11.3 Å². The van der Waals surface area contributed by atoms with Crippen LogP contribution < -0.4 is 10.5 Å². The Morgan fingerprint density at radius 3 is 2.62 bits per heavy atom. The van der Waals surface area contributed by atoms with Gasteiger partial charge in [0.05, 0.1) is 0 Å². The lowest BCUT2D eigenvalue weighted by Crippen LogP contribution is -2.44. The normalized spacial score (nSPS) is 12.4. The maximum Gasteiger partial charge on any atom is 0.250 e. The van der Waals surface area contributed by atoms with Gasteiger partial charge in [-0.25, -0.2) is 13.1 Å². The van der Waals surface area contributed by atoms with E-state index in [1.54, 1.807) is 13.8 Å². The second-order valence-electron chi connectivity index (χ2n) is 4.04. The Morgan fingerprint density at radius 1 is 1.56 bits per heavy atom. The van der Waals surface area contributed by atoms with Crippen LogP contribution in [0.4, 0.5) is 0 Å². The SMILES string of the molecule is CC(C)(N)CNS(=O)(=O)c1ccc(C#N)s1. The molecule has 0 aliphatic rings. The molecule has 0 unspecified atom stereocenters. The Kier molecular flexibility index (Phi) is 3.70. The Labute approximate surface area is 98.9 Å². The minimum absolute atomic E-state index is 0.133. The fourth-order valence-corrected chi connectivity index (χ4v) is 3.25. The summed E-state index contributed by atoms with van der Waals surface area (Å²) in [6.45, 7) is 3.60. The summed E-state index contributed by atoms with van der Waals surface area (Å²) in [6.07, 6.45) is 0. The van der Waals surface area contributed by atoms with Crippen molar-refractivity contribution >= 4 is 21.4 Å². The first-order chi connectivity index (χ1) is 7.24. The second kappa shape index (κ2) is 4.51. The van der Waals surface area contributed by atoms with E-state index in [0.29, 0.717) is 4.88 Å². The van der Waals surface area contributed by atoms with Gasteiger partial charge in [-0.3, -0.25) is 0 Å². The predicted octanol–water partition coefficient (Wildman–Crippen LogP) is 0.635. The third-order valence-electron chi connectivity index (χ3n) is 1.67. The molecule has 1 heterocycles. The third-order valence-corrected chi connectivity index (χ3v) is 4.56. The highest BCUT2D eigenvalue weighted by Gasteiger charge is 2.20. The summed E-state index contributed by atoms with van der Waals surface area (Å²) in [6, 6.07) is 4.78. The lowest BCUT2D eigenvalue weighted by molar-refractivity contribution is 0.498. The summed E-state index contributed by atoms with van der Waals surface area (Å²) in [4.78, 5) is 0.368. The zero-order chi connectivity index (χ0) is 12.4. The van der Waals surface area contributed by atoms with E-state index < -0.39 is 15.6 Å². The molecule has 3 N–H and O–H groups in total. The number of sulfonamides is 1. The molecule has 1 aromatic heterocycles. The van der Waals surface area contributed by atoms with Gasteiger partial charge in [0.1, 0.15) is 15.2 Å². The summed E-state index contributed by atoms with van der Waals surface area (Å²) in [5, 5.41) is 8.60. The molecule has 0 atom stereocenters. The molecule has 0 radical (unpaired) electrons. The van der Waals surface area contributed by atoms with Gasteiger partial charge in [-0.2, -0.15) is 5.26 Å². The van der Waals surface area contributed by atoms with Gasteiger partial charge in [-0.15, -0.1) is 11.3 Å². The van der Waals surface area contributed by atoms with Crippen LogP contribution in [0.2, 0.25) is 0 Å². The maximum absolute atomic E-state index is 11.7. The van der Waals surface area contributed by atoms with Gasteiger partial charge in [0.15, 0.2) is 0 Å². The van der Waals surface area contributed by atoms with Crippen molar-refractivity contribution in [3.05, 3.63) is 17.0 Å². The summed E-state index contributed by atoms with van der Waals surface area (Å²) in [5.74, 6) is 0. The maximum atomic E-state index is 11.7. The molecule has 0 amide bonds. The van der Waals surface area contributed by atoms with Crippen LogP contribution in [-0.2, 0) is 10.0 Å². The molecular formula is C9H13N3O2S2. The van der Waals surface area contributed by atoms with E-state index in [4.69, 9.17) is 11.0 Å². The lowest BCUT2D eigenvalue weighted by Gasteiger charge is -2.18. The van der Waals surface area contributed by atoms with Crippen LogP contribution >= 0.6 is 11.3 Å². The quantitative estimate of drug-likeness (QED) is 0.829. The number of hydrogen-bond donors (Lipinski definition) is 2. The summed E-state index contributed by atoms with van der Waals surface area (Å²) < 4.78 is 26.0. The van der Waals surface area contributed by atoms with Crippen molar-refractivity contribution < 1.29 is 8.42 Å². The van der Waals surface area contributed by atoms with Crippen LogP contribution in [0.15, 0.2) is 16.3 Å². The fourth-order valence-electron chi connectivity index (χ4n) is 0.877. The third kappa shape index (κ3) is 3.57. The van der Waals surface area contributed by atoms with E-state index >= 15 is 0 Å². The van der Waals surface area contributed by atoms with Crippen molar-refractivity contribution in [1.82, 2.24) is 4.72 Å². The van der Waals surface area contributed by atoms with Crippen LogP contribution in [0.5, 0.6) is 0 Å². The molecule has 7 heteroatoms. The zero-order valence-corrected chi connectivity index (χ0v) is 10.7. The molecule has 0 aromatic carbocycles. The zero-order valence-electron chi connectivity index (χ0n) is 9.02. The highest BCUT2D eigenvalue weighted by molar-refractivity contribution is 7.91. The highest BCUT2D eigenvalue weighted by Crippen LogP contribution is 2.20. The van der Waals surface area contributed by atoms with Crippen LogP contribution in [0, 0.1) is 11.3 Å². The van der Waals surface area contributed by atoms with Crippen LogP contribution in [0.25, 0.3) is 0 Å². The van der Waals surface area contributed by atoms with Gasteiger partial charge < -0.3 is 5.73 Å². The standard InChI is InChI=1S/C9H13N3O2S2/c1-9(2,11)6-12-16(13,14)8-4-3-7(5-10)15-8/h3-4,12H,6,11H2,1-2H3. The molecular weight excluding hydrogens is 246 g/mol. The van der Waals surface area contributed by atoms with Gasteiger partial charge in [0.2, 0.25) is 10.0 Å². The number of nitrogens with two attached hydrogens (primary N) is 1. The van der Waals surface area contributed by atoms with Crippen molar-refractivity contribution in [3.8, 4) is 6.07 Å². The molecule has 0 saturated heterocycles. The number of hydrogen-bond acceptors (Lipinski definition) is 5. The Hall–Kier alpha value is -0.940. The summed E-state index contributed by atoms with van der Waals surface area (Å²) in [5.41, 5.74) is 5.07. The Bertz CT molecular complexity index is 506. The first-order valence-electron chi connectivity index (χ1n) is 4.53. The van der Waals surface area contributed by atoms with Crippen molar-refractivity contribution in [2.75, 3.05) is 6.54 Å². The van der Waals surface area contributed by atoms with E-state index in [1.165, 1.54) is 12.1 Å². The molecule has 0 fully saturated rings. The minimum Gasteiger partial charge on any atom is -0.324 e. The fraction of sp³-hybridized carbons (Fsp3) is 0.444. The first-order valence-corrected chi connectivity index (χ1v) is 6.83.